The topological polar surface area (TPSA) is 53.4 Å². The number of aromatic nitrogens is 2. The number of hydrogen-bond donors (Lipinski definition) is 0. The number of halogens is 2. The van der Waals surface area contributed by atoms with Crippen molar-refractivity contribution in [1.29, 1.82) is 0 Å². The van der Waals surface area contributed by atoms with Crippen molar-refractivity contribution in [2.75, 3.05) is 0 Å². The van der Waals surface area contributed by atoms with E-state index in [0.717, 1.165) is 4.57 Å². The van der Waals surface area contributed by atoms with Crippen molar-refractivity contribution in [3.63, 3.8) is 0 Å². The van der Waals surface area contributed by atoms with Gasteiger partial charge >= 0.3 is 12.5 Å². The van der Waals surface area contributed by atoms with Crippen LogP contribution in [0.3, 0.4) is 0 Å². The Kier molecular flexibility index (Phi) is 5.16. The number of hydrogen-bond acceptors (Lipinski definition) is 4. The molecule has 1 aromatic heterocycles. The summed E-state index contributed by atoms with van der Waals surface area (Å²) in [6.07, 6.45) is 0.0233. The maximum absolute atomic E-state index is 13.4. The molecule has 0 aliphatic heterocycles. The highest BCUT2D eigenvalue weighted by Crippen LogP contribution is 2.24. The van der Waals surface area contributed by atoms with E-state index in [-0.39, 0.29) is 18.5 Å². The van der Waals surface area contributed by atoms with Gasteiger partial charge in [-0.15, -0.1) is 0 Å². The van der Waals surface area contributed by atoms with Gasteiger partial charge in [-0.1, -0.05) is 12.1 Å². The molecule has 0 radical (unpaired) electrons. The zero-order valence-electron chi connectivity index (χ0n) is 14.4. The maximum atomic E-state index is 13.4. The average Bonchev–Trinajstić information content (AvgIpc) is 2.98. The number of para-hydroxylation sites is 2. The molecule has 5 nitrogen and oxygen atoms in total. The van der Waals surface area contributed by atoms with Crippen LogP contribution in [0.25, 0.3) is 11.0 Å². The van der Waals surface area contributed by atoms with E-state index in [9.17, 15) is 13.6 Å². The molecule has 0 bridgehead atoms. The van der Waals surface area contributed by atoms with E-state index in [1.165, 1.54) is 0 Å². The summed E-state index contributed by atoms with van der Waals surface area (Å²) in [5.41, 5.74) is 1.03. The lowest BCUT2D eigenvalue weighted by molar-refractivity contribution is 0.0387. The van der Waals surface area contributed by atoms with Gasteiger partial charge in [0, 0.05) is 0 Å². The molecule has 136 valence electrons. The number of benzene rings is 2. The Hall–Kier alpha value is -2.96. The van der Waals surface area contributed by atoms with E-state index in [0.29, 0.717) is 22.3 Å². The fourth-order valence-corrected chi connectivity index (χ4v) is 2.57. The van der Waals surface area contributed by atoms with Crippen molar-refractivity contribution in [2.45, 2.75) is 33.1 Å². The standard InChI is InChI=1S/C19H18F2N2O3/c1-12(2)26-14-9-7-13(8-10-14)18(24)25-11-17-22-15-5-3-4-6-16(15)23(17)19(20)21/h3-10,12,19H,11H2,1-2H3. The molecule has 0 saturated carbocycles. The van der Waals surface area contributed by atoms with Gasteiger partial charge in [0.2, 0.25) is 0 Å². The van der Waals surface area contributed by atoms with Crippen LogP contribution in [0, 0.1) is 0 Å². The van der Waals surface area contributed by atoms with Crippen LogP contribution in [0.4, 0.5) is 8.78 Å². The third kappa shape index (κ3) is 3.82. The van der Waals surface area contributed by atoms with Gasteiger partial charge in [0.1, 0.15) is 12.4 Å². The number of esters is 1. The van der Waals surface area contributed by atoms with E-state index in [4.69, 9.17) is 9.47 Å². The van der Waals surface area contributed by atoms with Crippen LogP contribution in [0.5, 0.6) is 5.75 Å². The summed E-state index contributed by atoms with van der Waals surface area (Å²) in [5, 5.41) is 0. The van der Waals surface area contributed by atoms with Crippen molar-refractivity contribution in [3.8, 4) is 5.75 Å². The van der Waals surface area contributed by atoms with Crippen LogP contribution in [0.2, 0.25) is 0 Å². The van der Waals surface area contributed by atoms with Crippen molar-refractivity contribution in [1.82, 2.24) is 9.55 Å². The summed E-state index contributed by atoms with van der Waals surface area (Å²) in [4.78, 5) is 16.3. The molecule has 0 fully saturated rings. The third-order valence-corrected chi connectivity index (χ3v) is 3.66. The number of alkyl halides is 2. The first-order valence-corrected chi connectivity index (χ1v) is 8.13. The molecule has 0 aliphatic rings. The molecule has 0 amide bonds. The van der Waals surface area contributed by atoms with E-state index in [2.05, 4.69) is 4.98 Å². The number of carbonyl (C=O) groups excluding carboxylic acids is 1. The molecule has 0 N–H and O–H groups in total. The highest BCUT2D eigenvalue weighted by atomic mass is 19.3. The molecule has 3 aromatic rings. The first-order chi connectivity index (χ1) is 12.5. The van der Waals surface area contributed by atoms with E-state index >= 15 is 0 Å². The molecule has 7 heteroatoms. The Morgan fingerprint density at radius 1 is 1.12 bits per heavy atom. The SMILES string of the molecule is CC(C)Oc1ccc(C(=O)OCc2nc3ccccc3n2C(F)F)cc1. The Morgan fingerprint density at radius 3 is 2.46 bits per heavy atom. The van der Waals surface area contributed by atoms with Gasteiger partial charge in [-0.25, -0.2) is 9.78 Å². The molecule has 0 saturated heterocycles. The Labute approximate surface area is 149 Å². The number of carbonyl (C=O) groups is 1. The highest BCUT2D eigenvalue weighted by Gasteiger charge is 2.19. The van der Waals surface area contributed by atoms with E-state index in [1.807, 2.05) is 13.8 Å². The summed E-state index contributed by atoms with van der Waals surface area (Å²) in [6.45, 7) is 0.681. The second-order valence-corrected chi connectivity index (χ2v) is 5.93. The molecule has 26 heavy (non-hydrogen) atoms. The number of nitrogens with zero attached hydrogens (tertiary/aromatic N) is 2. The second-order valence-electron chi connectivity index (χ2n) is 5.93. The monoisotopic (exact) mass is 360 g/mol. The summed E-state index contributed by atoms with van der Waals surface area (Å²) in [5.74, 6) is 0.0133. The first kappa shape index (κ1) is 17.8. The van der Waals surface area contributed by atoms with Crippen LogP contribution in [-0.4, -0.2) is 21.6 Å². The van der Waals surface area contributed by atoms with E-state index < -0.39 is 12.5 Å². The second kappa shape index (κ2) is 7.51. The quantitative estimate of drug-likeness (QED) is 0.604. The molecule has 2 aromatic carbocycles. The van der Waals surface area contributed by atoms with Crippen molar-refractivity contribution in [3.05, 3.63) is 59.9 Å². The molecule has 1 heterocycles. The predicted molar refractivity (Wildman–Crippen MR) is 92.3 cm³/mol. The van der Waals surface area contributed by atoms with Gasteiger partial charge < -0.3 is 9.47 Å². The van der Waals surface area contributed by atoms with E-state index in [1.54, 1.807) is 48.5 Å². The minimum Gasteiger partial charge on any atom is -0.491 e. The van der Waals surface area contributed by atoms with Crippen LogP contribution in [0.1, 0.15) is 36.6 Å². The fraction of sp³-hybridized carbons (Fsp3) is 0.263. The molecule has 0 aliphatic carbocycles. The fourth-order valence-electron chi connectivity index (χ4n) is 2.57. The lowest BCUT2D eigenvalue weighted by Crippen LogP contribution is -2.11. The molecular formula is C19H18F2N2O3. The van der Waals surface area contributed by atoms with Crippen molar-refractivity contribution >= 4 is 17.0 Å². The lowest BCUT2D eigenvalue weighted by atomic mass is 10.2. The van der Waals surface area contributed by atoms with Gasteiger partial charge in [0.05, 0.1) is 22.7 Å². The zero-order chi connectivity index (χ0) is 18.7. The van der Waals surface area contributed by atoms with Gasteiger partial charge in [0.15, 0.2) is 5.82 Å². The molecule has 0 unspecified atom stereocenters. The largest absolute Gasteiger partial charge is 0.491 e. The van der Waals surface area contributed by atoms with Crippen LogP contribution < -0.4 is 4.74 Å². The number of ether oxygens (including phenoxy) is 2. The van der Waals surface area contributed by atoms with Crippen molar-refractivity contribution < 1.29 is 23.0 Å². The Morgan fingerprint density at radius 2 is 1.81 bits per heavy atom. The molecule has 3 rings (SSSR count). The molecule has 0 spiro atoms. The van der Waals surface area contributed by atoms with Crippen LogP contribution >= 0.6 is 0 Å². The van der Waals surface area contributed by atoms with Gasteiger partial charge in [-0.05, 0) is 50.2 Å². The van der Waals surface area contributed by atoms with Crippen molar-refractivity contribution in [2.24, 2.45) is 0 Å². The number of fused-ring (bicyclic) bond motifs is 1. The number of rotatable bonds is 6. The predicted octanol–water partition coefficient (Wildman–Crippen LogP) is 4.58. The highest BCUT2D eigenvalue weighted by molar-refractivity contribution is 5.89. The molecular weight excluding hydrogens is 342 g/mol. The lowest BCUT2D eigenvalue weighted by Gasteiger charge is -2.10. The molecule has 0 atom stereocenters. The summed E-state index contributed by atoms with van der Waals surface area (Å²) in [6, 6.07) is 13.0. The van der Waals surface area contributed by atoms with Gasteiger partial charge in [-0.2, -0.15) is 8.78 Å². The summed E-state index contributed by atoms with van der Waals surface area (Å²) >= 11 is 0. The smallest absolute Gasteiger partial charge is 0.338 e. The average molecular weight is 360 g/mol. The minimum atomic E-state index is -2.77. The summed E-state index contributed by atoms with van der Waals surface area (Å²) in [7, 11) is 0. The van der Waals surface area contributed by atoms with Crippen LogP contribution in [0.15, 0.2) is 48.5 Å². The van der Waals surface area contributed by atoms with Gasteiger partial charge in [0.25, 0.3) is 0 Å². The zero-order valence-corrected chi connectivity index (χ0v) is 14.4. The minimum absolute atomic E-state index is 0.00527. The summed E-state index contributed by atoms with van der Waals surface area (Å²) < 4.78 is 38.1. The maximum Gasteiger partial charge on any atom is 0.338 e. The first-order valence-electron chi connectivity index (χ1n) is 8.13. The number of imidazole rings is 1. The third-order valence-electron chi connectivity index (χ3n) is 3.66. The Bertz CT molecular complexity index is 905. The Balaban J connectivity index is 1.73. The van der Waals surface area contributed by atoms with Gasteiger partial charge in [-0.3, -0.25) is 4.57 Å². The normalized spacial score (nSPS) is 11.3. The van der Waals surface area contributed by atoms with Crippen LogP contribution in [-0.2, 0) is 11.3 Å².